The molecular formula is C8H9NO3S. The smallest absolute Gasteiger partial charge is 0.271 e. The Bertz CT molecular complexity index is 377. The second-order valence-corrected chi connectivity index (χ2v) is 3.06. The molecule has 1 aromatic rings. The maximum atomic E-state index is 9.96. The highest BCUT2D eigenvalue weighted by Crippen LogP contribution is 2.00. The van der Waals surface area contributed by atoms with Crippen LogP contribution in [0.4, 0.5) is 0 Å². The van der Waals surface area contributed by atoms with Gasteiger partial charge in [-0.15, -0.1) is 0 Å². The van der Waals surface area contributed by atoms with Crippen LogP contribution in [0.25, 0.3) is 0 Å². The number of oxime groups is 1. The molecule has 0 atom stereocenters. The first-order chi connectivity index (χ1) is 6.18. The van der Waals surface area contributed by atoms with Gasteiger partial charge in [0, 0.05) is 0 Å². The van der Waals surface area contributed by atoms with Crippen LogP contribution in [-0.2, 0) is 15.3 Å². The fourth-order valence-corrected chi connectivity index (χ4v) is 0.997. The van der Waals surface area contributed by atoms with Crippen LogP contribution in [0.2, 0.25) is 0 Å². The van der Waals surface area contributed by atoms with Crippen LogP contribution in [0.3, 0.4) is 0 Å². The average molecular weight is 199 g/mol. The molecule has 0 unspecified atom stereocenters. The summed E-state index contributed by atoms with van der Waals surface area (Å²) in [5, 5.41) is 3.26. The van der Waals surface area contributed by atoms with Gasteiger partial charge in [-0.25, -0.2) is 0 Å². The number of aryl methyl sites for hydroxylation is 1. The summed E-state index contributed by atoms with van der Waals surface area (Å²) in [5.41, 5.74) is 1.88. The lowest BCUT2D eigenvalue weighted by molar-refractivity contribution is 0.358. The third-order valence-corrected chi connectivity index (χ3v) is 1.59. The number of hydrogen-bond acceptors (Lipinski definition) is 4. The van der Waals surface area contributed by atoms with E-state index in [0.29, 0.717) is 0 Å². The molecule has 1 aromatic carbocycles. The lowest BCUT2D eigenvalue weighted by Gasteiger charge is -1.93. The predicted molar refractivity (Wildman–Crippen MR) is 50.2 cm³/mol. The minimum absolute atomic E-state index is 0.803. The van der Waals surface area contributed by atoms with Crippen molar-refractivity contribution in [2.45, 2.75) is 6.92 Å². The van der Waals surface area contributed by atoms with Gasteiger partial charge in [-0.1, -0.05) is 35.0 Å². The fraction of sp³-hybridized carbons (Fsp3) is 0.125. The Balaban J connectivity index is 2.68. The van der Waals surface area contributed by atoms with Gasteiger partial charge in [-0.05, 0) is 12.5 Å². The number of thiol groups is 1. The molecule has 0 N–H and O–H groups in total. The lowest BCUT2D eigenvalue weighted by atomic mass is 10.2. The number of benzene rings is 1. The lowest BCUT2D eigenvalue weighted by Crippen LogP contribution is -1.84. The van der Waals surface area contributed by atoms with Crippen molar-refractivity contribution in [3.63, 3.8) is 0 Å². The minimum atomic E-state index is -2.90. The van der Waals surface area contributed by atoms with E-state index in [1.807, 2.05) is 25.1 Å². The summed E-state index contributed by atoms with van der Waals surface area (Å²) in [6.07, 6.45) is 1.35. The Morgan fingerprint density at radius 2 is 2.23 bits per heavy atom. The standard InChI is InChI=1S/C8H9NO3S/c1-7-3-2-4-8(5-7)6-9-12-13(10)11/h2-6,13H,1H3. The zero-order chi connectivity index (χ0) is 9.68. The van der Waals surface area contributed by atoms with Crippen LogP contribution in [0.15, 0.2) is 29.4 Å². The third-order valence-electron chi connectivity index (χ3n) is 1.36. The van der Waals surface area contributed by atoms with E-state index in [2.05, 4.69) is 9.44 Å². The summed E-state index contributed by atoms with van der Waals surface area (Å²) in [4.78, 5) is 0. The Kier molecular flexibility index (Phi) is 3.45. The number of hydrogen-bond donors (Lipinski definition) is 1. The van der Waals surface area contributed by atoms with Crippen LogP contribution in [-0.4, -0.2) is 14.6 Å². The fourth-order valence-electron chi connectivity index (χ4n) is 0.873. The van der Waals surface area contributed by atoms with E-state index in [9.17, 15) is 8.42 Å². The first kappa shape index (κ1) is 9.73. The Morgan fingerprint density at radius 1 is 1.46 bits per heavy atom. The molecule has 1 rings (SSSR count). The van der Waals surface area contributed by atoms with Crippen molar-refractivity contribution in [1.82, 2.24) is 0 Å². The molecule has 0 radical (unpaired) electrons. The highest BCUT2D eigenvalue weighted by Gasteiger charge is 1.87. The van der Waals surface area contributed by atoms with Crippen LogP contribution in [0.1, 0.15) is 11.1 Å². The summed E-state index contributed by atoms with van der Waals surface area (Å²) in [6.45, 7) is 1.94. The van der Waals surface area contributed by atoms with Crippen molar-refractivity contribution >= 4 is 17.2 Å². The first-order valence-corrected chi connectivity index (χ1v) is 4.69. The zero-order valence-electron chi connectivity index (χ0n) is 7.01. The van der Waals surface area contributed by atoms with Crippen LogP contribution in [0.5, 0.6) is 0 Å². The summed E-state index contributed by atoms with van der Waals surface area (Å²) >= 11 is 0. The van der Waals surface area contributed by atoms with Gasteiger partial charge in [0.05, 0.1) is 6.21 Å². The predicted octanol–water partition coefficient (Wildman–Crippen LogP) is 0.872. The van der Waals surface area contributed by atoms with Crippen LogP contribution in [0, 0.1) is 6.92 Å². The summed E-state index contributed by atoms with van der Waals surface area (Å²) in [6, 6.07) is 7.46. The van der Waals surface area contributed by atoms with Crippen LogP contribution < -0.4 is 0 Å². The van der Waals surface area contributed by atoms with Crippen molar-refractivity contribution in [1.29, 1.82) is 0 Å². The van der Waals surface area contributed by atoms with Crippen LogP contribution >= 0.6 is 0 Å². The van der Waals surface area contributed by atoms with Gasteiger partial charge >= 0.3 is 11.0 Å². The van der Waals surface area contributed by atoms with Crippen molar-refractivity contribution < 1.29 is 12.7 Å². The van der Waals surface area contributed by atoms with E-state index in [0.717, 1.165) is 11.1 Å². The maximum absolute atomic E-state index is 9.96. The van der Waals surface area contributed by atoms with Gasteiger partial charge in [0.25, 0.3) is 0 Å². The number of nitrogens with zero attached hydrogens (tertiary/aromatic N) is 1. The highest BCUT2D eigenvalue weighted by atomic mass is 32.2. The van der Waals surface area contributed by atoms with Gasteiger partial charge < -0.3 is 0 Å². The molecule has 0 saturated carbocycles. The van der Waals surface area contributed by atoms with Crippen molar-refractivity contribution in [3.8, 4) is 0 Å². The second kappa shape index (κ2) is 4.61. The van der Waals surface area contributed by atoms with E-state index in [4.69, 9.17) is 0 Å². The first-order valence-electron chi connectivity index (χ1n) is 3.60. The van der Waals surface area contributed by atoms with Crippen molar-refractivity contribution in [2.24, 2.45) is 5.16 Å². The second-order valence-electron chi connectivity index (χ2n) is 2.45. The normalized spacial score (nSPS) is 10.9. The summed E-state index contributed by atoms with van der Waals surface area (Å²) < 4.78 is 23.9. The summed E-state index contributed by atoms with van der Waals surface area (Å²) in [7, 11) is -2.90. The molecule has 0 saturated heterocycles. The topological polar surface area (TPSA) is 55.7 Å². The minimum Gasteiger partial charge on any atom is -0.271 e. The summed E-state index contributed by atoms with van der Waals surface area (Å²) in [5.74, 6) is 0. The SMILES string of the molecule is Cc1cccc(C=NO[SH](=O)=O)c1. The molecule has 13 heavy (non-hydrogen) atoms. The molecular weight excluding hydrogens is 190 g/mol. The Labute approximate surface area is 78.0 Å². The molecule has 70 valence electrons. The van der Waals surface area contributed by atoms with Gasteiger partial charge in [0.15, 0.2) is 0 Å². The third kappa shape index (κ3) is 3.71. The van der Waals surface area contributed by atoms with E-state index in [1.54, 1.807) is 6.07 Å². The molecule has 0 aliphatic carbocycles. The van der Waals surface area contributed by atoms with Gasteiger partial charge in [0.1, 0.15) is 0 Å². The molecule has 0 heterocycles. The molecule has 0 fully saturated rings. The monoisotopic (exact) mass is 199 g/mol. The average Bonchev–Trinajstić information content (AvgIpc) is 2.03. The molecule has 0 aliphatic heterocycles. The van der Waals surface area contributed by atoms with Crippen molar-refractivity contribution in [3.05, 3.63) is 35.4 Å². The highest BCUT2D eigenvalue weighted by molar-refractivity contribution is 7.67. The Hall–Kier alpha value is -1.36. The quantitative estimate of drug-likeness (QED) is 0.446. The van der Waals surface area contributed by atoms with Gasteiger partial charge in [-0.2, -0.15) is 8.42 Å². The number of rotatable bonds is 3. The molecule has 0 amide bonds. The molecule has 0 bridgehead atoms. The van der Waals surface area contributed by atoms with Gasteiger partial charge in [-0.3, -0.25) is 4.28 Å². The van der Waals surface area contributed by atoms with Gasteiger partial charge in [0.2, 0.25) is 0 Å². The molecule has 5 heteroatoms. The molecule has 4 nitrogen and oxygen atoms in total. The van der Waals surface area contributed by atoms with E-state index >= 15 is 0 Å². The maximum Gasteiger partial charge on any atom is 0.318 e. The molecule has 0 aliphatic rings. The van der Waals surface area contributed by atoms with E-state index < -0.39 is 11.0 Å². The van der Waals surface area contributed by atoms with E-state index in [-0.39, 0.29) is 0 Å². The largest absolute Gasteiger partial charge is 0.318 e. The van der Waals surface area contributed by atoms with E-state index in [1.165, 1.54) is 6.21 Å². The zero-order valence-corrected chi connectivity index (χ0v) is 7.90. The van der Waals surface area contributed by atoms with Crippen molar-refractivity contribution in [2.75, 3.05) is 0 Å². The molecule has 0 spiro atoms. The Morgan fingerprint density at radius 3 is 2.85 bits per heavy atom. The molecule has 0 aromatic heterocycles.